The third-order valence-corrected chi connectivity index (χ3v) is 5.02. The maximum atomic E-state index is 12.1. The van der Waals surface area contributed by atoms with Crippen molar-refractivity contribution >= 4 is 21.5 Å². The van der Waals surface area contributed by atoms with Crippen LogP contribution in [-0.4, -0.2) is 38.3 Å². The molecule has 5 nitrogen and oxygen atoms in total. The fraction of sp³-hybridized carbons (Fsp3) is 0.364. The van der Waals surface area contributed by atoms with Gasteiger partial charge in [-0.3, -0.25) is 4.79 Å². The maximum absolute atomic E-state index is 12.1. The second-order valence-corrected chi connectivity index (χ2v) is 6.27. The van der Waals surface area contributed by atoms with E-state index in [4.69, 9.17) is 5.11 Å². The fourth-order valence-corrected chi connectivity index (χ4v) is 4.00. The Labute approximate surface area is 99.6 Å². The average molecular weight is 255 g/mol. The molecule has 0 fully saturated rings. The summed E-state index contributed by atoms with van der Waals surface area (Å²) in [5.41, 5.74) is 1.43. The number of carbonyl (C=O) groups is 1. The molecule has 2 rings (SSSR count). The Morgan fingerprint density at radius 2 is 2.12 bits per heavy atom. The lowest BCUT2D eigenvalue weighted by Gasteiger charge is -2.32. The third kappa shape index (κ3) is 1.68. The Morgan fingerprint density at radius 3 is 2.71 bits per heavy atom. The van der Waals surface area contributed by atoms with E-state index in [0.717, 1.165) is 5.56 Å². The monoisotopic (exact) mass is 255 g/mol. The van der Waals surface area contributed by atoms with Crippen molar-refractivity contribution in [3.05, 3.63) is 23.8 Å². The van der Waals surface area contributed by atoms with E-state index in [9.17, 15) is 13.2 Å². The molecule has 0 bridgehead atoms. The van der Waals surface area contributed by atoms with Crippen molar-refractivity contribution in [2.24, 2.45) is 0 Å². The Hall–Kier alpha value is -1.56. The molecule has 0 radical (unpaired) electrons. The molecule has 1 heterocycles. The Bertz CT molecular complexity index is 579. The van der Waals surface area contributed by atoms with Crippen molar-refractivity contribution in [3.63, 3.8) is 0 Å². The van der Waals surface area contributed by atoms with E-state index in [2.05, 4.69) is 0 Å². The molecule has 17 heavy (non-hydrogen) atoms. The van der Waals surface area contributed by atoms with Crippen LogP contribution in [0.3, 0.4) is 0 Å². The zero-order chi connectivity index (χ0) is 12.8. The summed E-state index contributed by atoms with van der Waals surface area (Å²) in [5.74, 6) is -1.30. The van der Waals surface area contributed by atoms with Gasteiger partial charge in [0.1, 0.15) is 0 Å². The highest BCUT2D eigenvalue weighted by Crippen LogP contribution is 2.35. The predicted octanol–water partition coefficient (Wildman–Crippen LogP) is 0.672. The SMILES string of the molecule is Cc1cccc2c1N(C)CC(C(=O)O)S2(=O)=O. The number of sulfone groups is 1. The molecule has 1 N–H and O–H groups in total. The van der Waals surface area contributed by atoms with Crippen molar-refractivity contribution in [2.45, 2.75) is 17.1 Å². The molecule has 0 amide bonds. The maximum Gasteiger partial charge on any atom is 0.324 e. The minimum absolute atomic E-state index is 0.0183. The number of rotatable bonds is 1. The van der Waals surface area contributed by atoms with Crippen LogP contribution < -0.4 is 4.90 Å². The third-order valence-electron chi connectivity index (χ3n) is 2.98. The van der Waals surface area contributed by atoms with E-state index in [1.165, 1.54) is 6.07 Å². The minimum Gasteiger partial charge on any atom is -0.480 e. The van der Waals surface area contributed by atoms with Crippen LogP contribution in [0.4, 0.5) is 5.69 Å². The molecule has 92 valence electrons. The lowest BCUT2D eigenvalue weighted by molar-refractivity contribution is -0.136. The number of carboxylic acids is 1. The average Bonchev–Trinajstić information content (AvgIpc) is 2.23. The zero-order valence-electron chi connectivity index (χ0n) is 9.54. The summed E-state index contributed by atoms with van der Waals surface area (Å²) in [6.07, 6.45) is 0. The molecule has 1 aromatic rings. The van der Waals surface area contributed by atoms with Crippen LogP contribution in [0.25, 0.3) is 0 Å². The number of anilines is 1. The molecule has 6 heteroatoms. The first-order valence-corrected chi connectivity index (χ1v) is 6.68. The Kier molecular flexibility index (Phi) is 2.61. The highest BCUT2D eigenvalue weighted by molar-refractivity contribution is 7.93. The number of fused-ring (bicyclic) bond motifs is 1. The number of aryl methyl sites for hydroxylation is 1. The summed E-state index contributed by atoms with van der Waals surface area (Å²) in [7, 11) is -2.07. The fourth-order valence-electron chi connectivity index (χ4n) is 2.15. The van der Waals surface area contributed by atoms with Crippen LogP contribution in [0.5, 0.6) is 0 Å². The van der Waals surface area contributed by atoms with Gasteiger partial charge in [-0.25, -0.2) is 8.42 Å². The van der Waals surface area contributed by atoms with Crippen molar-refractivity contribution in [1.82, 2.24) is 0 Å². The molecule has 0 saturated carbocycles. The normalized spacial score (nSPS) is 22.0. The van der Waals surface area contributed by atoms with Gasteiger partial charge in [0.05, 0.1) is 10.6 Å². The topological polar surface area (TPSA) is 74.7 Å². The molecule has 0 aromatic heterocycles. The van der Waals surface area contributed by atoms with Gasteiger partial charge in [0.15, 0.2) is 15.1 Å². The summed E-state index contributed by atoms with van der Waals surface area (Å²) < 4.78 is 24.3. The van der Waals surface area contributed by atoms with Gasteiger partial charge in [-0.1, -0.05) is 12.1 Å². The highest BCUT2D eigenvalue weighted by Gasteiger charge is 2.41. The summed E-state index contributed by atoms with van der Waals surface area (Å²) in [6.45, 7) is 1.79. The summed E-state index contributed by atoms with van der Waals surface area (Å²) in [5, 5.41) is 7.59. The molecular weight excluding hydrogens is 242 g/mol. The minimum atomic E-state index is -3.78. The molecule has 0 saturated heterocycles. The van der Waals surface area contributed by atoms with Gasteiger partial charge in [0.2, 0.25) is 0 Å². The molecule has 1 atom stereocenters. The van der Waals surface area contributed by atoms with E-state index in [0.29, 0.717) is 5.69 Å². The van der Waals surface area contributed by atoms with Crippen molar-refractivity contribution in [3.8, 4) is 0 Å². The van der Waals surface area contributed by atoms with Gasteiger partial charge >= 0.3 is 5.97 Å². The van der Waals surface area contributed by atoms with Crippen LogP contribution in [0.1, 0.15) is 5.56 Å². The number of carboxylic acid groups (broad SMARTS) is 1. The number of para-hydroxylation sites is 1. The number of aliphatic carboxylic acids is 1. The van der Waals surface area contributed by atoms with Crippen LogP contribution in [-0.2, 0) is 14.6 Å². The first-order chi connectivity index (χ1) is 7.85. The smallest absolute Gasteiger partial charge is 0.324 e. The van der Waals surface area contributed by atoms with Gasteiger partial charge < -0.3 is 10.0 Å². The number of hydrogen-bond acceptors (Lipinski definition) is 4. The van der Waals surface area contributed by atoms with Crippen LogP contribution in [0.15, 0.2) is 23.1 Å². The second-order valence-electron chi connectivity index (χ2n) is 4.17. The van der Waals surface area contributed by atoms with E-state index in [1.807, 2.05) is 13.0 Å². The molecular formula is C11H13NO4S. The first kappa shape index (κ1) is 11.9. The standard InChI is InChI=1S/C11H13NO4S/c1-7-4-3-5-8-10(7)12(2)6-9(11(13)14)17(8,15)16/h3-5,9H,6H2,1-2H3,(H,13,14). The predicted molar refractivity (Wildman–Crippen MR) is 63.1 cm³/mol. The molecule has 1 unspecified atom stereocenters. The number of nitrogens with zero attached hydrogens (tertiary/aromatic N) is 1. The van der Waals surface area contributed by atoms with E-state index in [-0.39, 0.29) is 11.4 Å². The molecule has 0 aliphatic carbocycles. The largest absolute Gasteiger partial charge is 0.480 e. The first-order valence-electron chi connectivity index (χ1n) is 5.13. The van der Waals surface area contributed by atoms with Gasteiger partial charge in [-0.2, -0.15) is 0 Å². The molecule has 0 spiro atoms. The summed E-state index contributed by atoms with van der Waals surface area (Å²) in [4.78, 5) is 12.8. The van der Waals surface area contributed by atoms with Gasteiger partial charge in [0, 0.05) is 13.6 Å². The van der Waals surface area contributed by atoms with Crippen LogP contribution >= 0.6 is 0 Å². The Balaban J connectivity index is 2.72. The lowest BCUT2D eigenvalue weighted by atomic mass is 10.1. The molecule has 1 aliphatic rings. The van der Waals surface area contributed by atoms with E-state index >= 15 is 0 Å². The van der Waals surface area contributed by atoms with Gasteiger partial charge in [0.25, 0.3) is 0 Å². The number of benzene rings is 1. The summed E-state index contributed by atoms with van der Waals surface area (Å²) in [6, 6.07) is 4.90. The summed E-state index contributed by atoms with van der Waals surface area (Å²) >= 11 is 0. The molecule has 1 aliphatic heterocycles. The molecule has 1 aromatic carbocycles. The number of hydrogen-bond donors (Lipinski definition) is 1. The second kappa shape index (κ2) is 3.73. The van der Waals surface area contributed by atoms with E-state index < -0.39 is 21.1 Å². The van der Waals surface area contributed by atoms with Gasteiger partial charge in [-0.15, -0.1) is 0 Å². The van der Waals surface area contributed by atoms with Crippen molar-refractivity contribution < 1.29 is 18.3 Å². The Morgan fingerprint density at radius 1 is 1.47 bits per heavy atom. The van der Waals surface area contributed by atoms with Crippen LogP contribution in [0.2, 0.25) is 0 Å². The van der Waals surface area contributed by atoms with Crippen molar-refractivity contribution in [2.75, 3.05) is 18.5 Å². The highest BCUT2D eigenvalue weighted by atomic mass is 32.2. The lowest BCUT2D eigenvalue weighted by Crippen LogP contribution is -2.45. The zero-order valence-corrected chi connectivity index (χ0v) is 10.4. The van der Waals surface area contributed by atoms with Crippen LogP contribution in [0, 0.1) is 6.92 Å². The van der Waals surface area contributed by atoms with Crippen molar-refractivity contribution in [1.29, 1.82) is 0 Å². The van der Waals surface area contributed by atoms with E-state index in [1.54, 1.807) is 18.0 Å². The van der Waals surface area contributed by atoms with Gasteiger partial charge in [-0.05, 0) is 18.6 Å². The quantitative estimate of drug-likeness (QED) is 0.798.